The van der Waals surface area contributed by atoms with Crippen molar-refractivity contribution in [1.29, 1.82) is 0 Å². The molecule has 7 heteroatoms. The number of pyridine rings is 1. The van der Waals surface area contributed by atoms with Gasteiger partial charge in [-0.1, -0.05) is 0 Å². The van der Waals surface area contributed by atoms with E-state index in [0.29, 0.717) is 17.9 Å². The number of likely N-dealkylation sites (tertiary alicyclic amines) is 1. The Balaban J connectivity index is 1.80. The van der Waals surface area contributed by atoms with Crippen LogP contribution in [-0.2, 0) is 16.0 Å². The second-order valence-electron chi connectivity index (χ2n) is 5.27. The maximum atomic E-state index is 11.9. The fraction of sp³-hybridized carbons (Fsp3) is 0.500. The van der Waals surface area contributed by atoms with Gasteiger partial charge in [0, 0.05) is 19.1 Å². The van der Waals surface area contributed by atoms with Gasteiger partial charge in [0.15, 0.2) is 0 Å². The SMILES string of the molecule is NC1CCN(CC(=O)Nc2ccc(CC(=O)O)nc2)CC1. The third-order valence-corrected chi connectivity index (χ3v) is 3.44. The number of carbonyl (C=O) groups is 2. The summed E-state index contributed by atoms with van der Waals surface area (Å²) < 4.78 is 0. The van der Waals surface area contributed by atoms with Crippen LogP contribution in [-0.4, -0.2) is 52.5 Å². The number of carboxylic acid groups (broad SMARTS) is 1. The maximum Gasteiger partial charge on any atom is 0.309 e. The highest BCUT2D eigenvalue weighted by Gasteiger charge is 2.18. The van der Waals surface area contributed by atoms with Crippen LogP contribution < -0.4 is 11.1 Å². The molecule has 0 bridgehead atoms. The van der Waals surface area contributed by atoms with E-state index in [-0.39, 0.29) is 18.4 Å². The number of hydrogen-bond acceptors (Lipinski definition) is 5. The zero-order chi connectivity index (χ0) is 15.2. The summed E-state index contributed by atoms with van der Waals surface area (Å²) in [7, 11) is 0. The van der Waals surface area contributed by atoms with E-state index >= 15 is 0 Å². The van der Waals surface area contributed by atoms with Gasteiger partial charge < -0.3 is 16.2 Å². The van der Waals surface area contributed by atoms with Crippen molar-refractivity contribution < 1.29 is 14.7 Å². The number of nitrogens with zero attached hydrogens (tertiary/aromatic N) is 2. The van der Waals surface area contributed by atoms with Crippen molar-refractivity contribution in [3.63, 3.8) is 0 Å². The van der Waals surface area contributed by atoms with Crippen molar-refractivity contribution in [2.45, 2.75) is 25.3 Å². The molecular weight excluding hydrogens is 272 g/mol. The molecule has 21 heavy (non-hydrogen) atoms. The summed E-state index contributed by atoms with van der Waals surface area (Å²) in [4.78, 5) is 28.5. The zero-order valence-corrected chi connectivity index (χ0v) is 11.8. The monoisotopic (exact) mass is 292 g/mol. The molecule has 0 saturated carbocycles. The number of carbonyl (C=O) groups excluding carboxylic acids is 1. The Hall–Kier alpha value is -1.99. The first-order chi connectivity index (χ1) is 10.0. The fourth-order valence-corrected chi connectivity index (χ4v) is 2.27. The molecule has 1 aromatic heterocycles. The molecule has 1 aliphatic heterocycles. The number of nitrogens with one attached hydrogen (secondary N) is 1. The third kappa shape index (κ3) is 5.13. The van der Waals surface area contributed by atoms with E-state index in [0.717, 1.165) is 25.9 Å². The topological polar surface area (TPSA) is 109 Å². The molecule has 0 radical (unpaired) electrons. The van der Waals surface area contributed by atoms with Crippen LogP contribution >= 0.6 is 0 Å². The molecule has 1 saturated heterocycles. The third-order valence-electron chi connectivity index (χ3n) is 3.44. The van der Waals surface area contributed by atoms with Crippen molar-refractivity contribution in [2.75, 3.05) is 25.0 Å². The van der Waals surface area contributed by atoms with Gasteiger partial charge in [-0.2, -0.15) is 0 Å². The van der Waals surface area contributed by atoms with Crippen LogP contribution in [0.2, 0.25) is 0 Å². The molecule has 0 aliphatic carbocycles. The quantitative estimate of drug-likeness (QED) is 0.708. The molecule has 0 unspecified atom stereocenters. The van der Waals surface area contributed by atoms with Crippen LogP contribution in [0.25, 0.3) is 0 Å². The summed E-state index contributed by atoms with van der Waals surface area (Å²) in [5.74, 6) is -1.03. The molecule has 1 amide bonds. The molecule has 7 nitrogen and oxygen atoms in total. The fourth-order valence-electron chi connectivity index (χ4n) is 2.27. The Morgan fingerprint density at radius 3 is 2.67 bits per heavy atom. The standard InChI is InChI=1S/C14H20N4O3/c15-10-3-5-18(6-4-10)9-13(19)17-12-2-1-11(16-8-12)7-14(20)21/h1-2,8,10H,3-7,9,15H2,(H,17,19)(H,20,21). The number of amides is 1. The number of nitrogens with two attached hydrogens (primary N) is 1. The molecular formula is C14H20N4O3. The first-order valence-electron chi connectivity index (χ1n) is 6.97. The van der Waals surface area contributed by atoms with E-state index in [4.69, 9.17) is 10.8 Å². The van der Waals surface area contributed by atoms with Gasteiger partial charge >= 0.3 is 5.97 Å². The van der Waals surface area contributed by atoms with Crippen LogP contribution in [0.3, 0.4) is 0 Å². The molecule has 0 aromatic carbocycles. The van der Waals surface area contributed by atoms with Crippen LogP contribution in [0, 0.1) is 0 Å². The van der Waals surface area contributed by atoms with Crippen molar-refractivity contribution in [3.8, 4) is 0 Å². The van der Waals surface area contributed by atoms with Crippen molar-refractivity contribution >= 4 is 17.6 Å². The number of aliphatic carboxylic acids is 1. The minimum absolute atomic E-state index is 0.0988. The lowest BCUT2D eigenvalue weighted by atomic mass is 10.1. The van der Waals surface area contributed by atoms with E-state index in [2.05, 4.69) is 15.2 Å². The normalized spacial score (nSPS) is 16.6. The number of rotatable bonds is 5. The van der Waals surface area contributed by atoms with Crippen LogP contribution in [0.15, 0.2) is 18.3 Å². The number of piperidine rings is 1. The molecule has 0 atom stereocenters. The Labute approximate surface area is 123 Å². The van der Waals surface area contributed by atoms with E-state index in [1.165, 1.54) is 6.20 Å². The first-order valence-corrected chi connectivity index (χ1v) is 6.97. The Morgan fingerprint density at radius 2 is 2.10 bits per heavy atom. The van der Waals surface area contributed by atoms with Gasteiger partial charge in [-0.25, -0.2) is 0 Å². The Morgan fingerprint density at radius 1 is 1.38 bits per heavy atom. The van der Waals surface area contributed by atoms with Crippen LogP contribution in [0.5, 0.6) is 0 Å². The Bertz CT molecular complexity index is 495. The second-order valence-corrected chi connectivity index (χ2v) is 5.27. The molecule has 2 heterocycles. The zero-order valence-electron chi connectivity index (χ0n) is 11.8. The molecule has 2 rings (SSSR count). The summed E-state index contributed by atoms with van der Waals surface area (Å²) in [6, 6.07) is 3.51. The summed E-state index contributed by atoms with van der Waals surface area (Å²) >= 11 is 0. The van der Waals surface area contributed by atoms with Crippen molar-refractivity contribution in [2.24, 2.45) is 5.73 Å². The van der Waals surface area contributed by atoms with Crippen molar-refractivity contribution in [1.82, 2.24) is 9.88 Å². The average Bonchev–Trinajstić information content (AvgIpc) is 2.43. The largest absolute Gasteiger partial charge is 0.481 e. The van der Waals surface area contributed by atoms with Gasteiger partial charge in [0.1, 0.15) is 0 Å². The van der Waals surface area contributed by atoms with Crippen molar-refractivity contribution in [3.05, 3.63) is 24.0 Å². The highest BCUT2D eigenvalue weighted by atomic mass is 16.4. The minimum atomic E-state index is -0.928. The van der Waals surface area contributed by atoms with Crippen LogP contribution in [0.1, 0.15) is 18.5 Å². The number of anilines is 1. The number of aromatic nitrogens is 1. The summed E-state index contributed by atoms with van der Waals surface area (Å²) in [6.45, 7) is 2.01. The molecule has 114 valence electrons. The number of carboxylic acids is 1. The van der Waals surface area contributed by atoms with E-state index in [1.54, 1.807) is 12.1 Å². The summed E-state index contributed by atoms with van der Waals surface area (Å²) in [5.41, 5.74) is 6.86. The lowest BCUT2D eigenvalue weighted by molar-refractivity contribution is -0.136. The van der Waals surface area contributed by atoms with Gasteiger partial charge in [0.05, 0.1) is 30.5 Å². The summed E-state index contributed by atoms with van der Waals surface area (Å²) in [6.07, 6.45) is 3.18. The van der Waals surface area contributed by atoms with E-state index in [9.17, 15) is 9.59 Å². The molecule has 1 aromatic rings. The average molecular weight is 292 g/mol. The van der Waals surface area contributed by atoms with Gasteiger partial charge in [-0.15, -0.1) is 0 Å². The molecule has 1 aliphatic rings. The highest BCUT2D eigenvalue weighted by molar-refractivity contribution is 5.92. The molecule has 0 spiro atoms. The second kappa shape index (κ2) is 7.14. The van der Waals surface area contributed by atoms with E-state index in [1.807, 2.05) is 0 Å². The van der Waals surface area contributed by atoms with Gasteiger partial charge in [-0.3, -0.25) is 19.5 Å². The molecule has 1 fully saturated rings. The van der Waals surface area contributed by atoms with Gasteiger partial charge in [-0.05, 0) is 25.0 Å². The smallest absolute Gasteiger partial charge is 0.309 e. The maximum absolute atomic E-state index is 11.9. The predicted molar refractivity (Wildman–Crippen MR) is 77.9 cm³/mol. The predicted octanol–water partition coefficient (Wildman–Crippen LogP) is 0.0703. The minimum Gasteiger partial charge on any atom is -0.481 e. The first kappa shape index (κ1) is 15.4. The lowest BCUT2D eigenvalue weighted by Crippen LogP contribution is -2.43. The summed E-state index contributed by atoms with van der Waals surface area (Å²) in [5, 5.41) is 11.4. The van der Waals surface area contributed by atoms with Gasteiger partial charge in [0.25, 0.3) is 0 Å². The number of hydrogen-bond donors (Lipinski definition) is 3. The molecule has 4 N–H and O–H groups in total. The highest BCUT2D eigenvalue weighted by Crippen LogP contribution is 2.10. The van der Waals surface area contributed by atoms with Crippen LogP contribution in [0.4, 0.5) is 5.69 Å². The Kier molecular flexibility index (Phi) is 5.24. The van der Waals surface area contributed by atoms with Gasteiger partial charge in [0.2, 0.25) is 5.91 Å². The van der Waals surface area contributed by atoms with E-state index < -0.39 is 5.97 Å². The lowest BCUT2D eigenvalue weighted by Gasteiger charge is -2.29.